The second-order valence-electron chi connectivity index (χ2n) is 8.24. The molecule has 1 aliphatic carbocycles. The molecular weight excluding hydrogens is 472 g/mol. The summed E-state index contributed by atoms with van der Waals surface area (Å²) in [5.41, 5.74) is 4.18. The lowest BCUT2D eigenvalue weighted by Crippen LogP contribution is -2.47. The zero-order chi connectivity index (χ0) is 24.4. The number of aromatic nitrogens is 2. The summed E-state index contributed by atoms with van der Waals surface area (Å²) in [4.78, 5) is 38.3. The molecule has 0 saturated carbocycles. The monoisotopic (exact) mass is 494 g/mol. The molecule has 2 aliphatic rings. The van der Waals surface area contributed by atoms with E-state index in [1.54, 1.807) is 11.8 Å². The van der Waals surface area contributed by atoms with Crippen molar-refractivity contribution >= 4 is 35.5 Å². The van der Waals surface area contributed by atoms with Gasteiger partial charge in [-0.1, -0.05) is 48.5 Å². The Balaban J connectivity index is 1.26. The summed E-state index contributed by atoms with van der Waals surface area (Å²) in [5, 5.41) is 18.9. The Kier molecular flexibility index (Phi) is 6.41. The summed E-state index contributed by atoms with van der Waals surface area (Å²) in [5.74, 6) is -0.662. The molecule has 5 rings (SSSR count). The van der Waals surface area contributed by atoms with Crippen LogP contribution in [0.25, 0.3) is 11.1 Å². The number of nitrogens with one attached hydrogen (secondary N) is 1. The molecule has 1 aliphatic heterocycles. The van der Waals surface area contributed by atoms with E-state index in [-0.39, 0.29) is 30.5 Å². The Labute approximate surface area is 204 Å². The van der Waals surface area contributed by atoms with Crippen molar-refractivity contribution in [2.75, 3.05) is 30.0 Å². The van der Waals surface area contributed by atoms with E-state index in [1.807, 2.05) is 48.5 Å². The van der Waals surface area contributed by atoms with Crippen molar-refractivity contribution in [3.63, 3.8) is 0 Å². The number of carbonyl (C=O) groups excluding carboxylic acids is 2. The highest BCUT2D eigenvalue weighted by molar-refractivity contribution is 7.99. The number of rotatable bonds is 6. The maximum Gasteiger partial charge on any atom is 0.412 e. The number of carboxylic acids is 1. The van der Waals surface area contributed by atoms with Crippen molar-refractivity contribution in [1.29, 1.82) is 0 Å². The molecule has 2 amide bonds. The fourth-order valence-corrected chi connectivity index (χ4v) is 5.63. The molecule has 1 saturated heterocycles. The number of carbonyl (C=O) groups is 3. The Bertz CT molecular complexity index is 1230. The highest BCUT2D eigenvalue weighted by atomic mass is 32.2. The fraction of sp³-hybridized carbons (Fsp3) is 0.292. The number of benzene rings is 2. The van der Waals surface area contributed by atoms with Gasteiger partial charge in [-0.05, 0) is 32.6 Å². The lowest BCUT2D eigenvalue weighted by Gasteiger charge is -2.34. The molecule has 1 atom stereocenters. The molecule has 1 fully saturated rings. The minimum Gasteiger partial charge on any atom is -0.481 e. The van der Waals surface area contributed by atoms with Gasteiger partial charge in [-0.15, -0.1) is 0 Å². The number of nitrogens with zero attached hydrogens (tertiary/aromatic N) is 3. The Morgan fingerprint density at radius 1 is 1.09 bits per heavy atom. The molecule has 1 unspecified atom stereocenters. The first-order valence-corrected chi connectivity index (χ1v) is 12.2. The van der Waals surface area contributed by atoms with Gasteiger partial charge in [-0.3, -0.25) is 14.9 Å². The summed E-state index contributed by atoms with van der Waals surface area (Å²) in [6, 6.07) is 15.5. The molecule has 0 bridgehead atoms. The van der Waals surface area contributed by atoms with Gasteiger partial charge in [0.2, 0.25) is 11.5 Å². The van der Waals surface area contributed by atoms with Crippen LogP contribution in [0.3, 0.4) is 0 Å². The summed E-state index contributed by atoms with van der Waals surface area (Å²) in [6.45, 7) is 0.456. The standard InChI is InChI=1S/C24H22N4O6S/c29-20(30)11-14-13-35-10-9-28(14)23(31)21-22(27-34-26-21)25-24(32)33-12-19-17-7-3-1-5-15(17)16-6-2-4-8-18(16)19/h1-8,14,19H,9-13H2,(H,29,30)(H,25,27,32). The van der Waals surface area contributed by atoms with E-state index in [0.717, 1.165) is 22.3 Å². The lowest BCUT2D eigenvalue weighted by atomic mass is 9.98. The average Bonchev–Trinajstić information content (AvgIpc) is 3.45. The molecular formula is C24H22N4O6S. The zero-order valence-corrected chi connectivity index (χ0v) is 19.4. The third-order valence-electron chi connectivity index (χ3n) is 6.15. The van der Waals surface area contributed by atoms with Crippen LogP contribution >= 0.6 is 11.8 Å². The normalized spacial score (nSPS) is 16.9. The van der Waals surface area contributed by atoms with Crippen LogP contribution in [0.15, 0.2) is 53.2 Å². The van der Waals surface area contributed by atoms with Crippen molar-refractivity contribution in [3.05, 3.63) is 65.4 Å². The van der Waals surface area contributed by atoms with Crippen molar-refractivity contribution in [1.82, 2.24) is 15.2 Å². The molecule has 10 nitrogen and oxygen atoms in total. The summed E-state index contributed by atoms with van der Waals surface area (Å²) >= 11 is 1.58. The summed E-state index contributed by atoms with van der Waals surface area (Å²) < 4.78 is 10.2. The van der Waals surface area contributed by atoms with E-state index in [2.05, 4.69) is 15.6 Å². The van der Waals surface area contributed by atoms with Gasteiger partial charge in [0.05, 0.1) is 12.5 Å². The van der Waals surface area contributed by atoms with Gasteiger partial charge in [0.25, 0.3) is 5.91 Å². The molecule has 180 valence electrons. The number of aliphatic carboxylic acids is 1. The van der Waals surface area contributed by atoms with Gasteiger partial charge in [0, 0.05) is 24.0 Å². The van der Waals surface area contributed by atoms with E-state index in [4.69, 9.17) is 9.37 Å². The number of hydrogen-bond donors (Lipinski definition) is 2. The lowest BCUT2D eigenvalue weighted by molar-refractivity contribution is -0.138. The van der Waals surface area contributed by atoms with E-state index >= 15 is 0 Å². The molecule has 0 spiro atoms. The molecule has 2 heterocycles. The van der Waals surface area contributed by atoms with Crippen molar-refractivity contribution in [2.24, 2.45) is 0 Å². The number of hydrogen-bond acceptors (Lipinski definition) is 8. The summed E-state index contributed by atoms with van der Waals surface area (Å²) in [6.07, 6.45) is -0.980. The van der Waals surface area contributed by atoms with Gasteiger partial charge in [0.1, 0.15) is 6.61 Å². The molecule has 1 aromatic heterocycles. The number of ether oxygens (including phenoxy) is 1. The minimum atomic E-state index is -0.995. The van der Waals surface area contributed by atoms with Gasteiger partial charge >= 0.3 is 12.1 Å². The molecule has 2 N–H and O–H groups in total. The Morgan fingerprint density at radius 2 is 1.77 bits per heavy atom. The van der Waals surface area contributed by atoms with Crippen LogP contribution < -0.4 is 5.32 Å². The van der Waals surface area contributed by atoms with E-state index in [9.17, 15) is 19.5 Å². The number of anilines is 1. The van der Waals surface area contributed by atoms with Crippen molar-refractivity contribution in [2.45, 2.75) is 18.4 Å². The minimum absolute atomic E-state index is 0.0957. The largest absolute Gasteiger partial charge is 0.481 e. The van der Waals surface area contributed by atoms with E-state index in [1.165, 1.54) is 4.90 Å². The van der Waals surface area contributed by atoms with Crippen LogP contribution in [-0.2, 0) is 9.53 Å². The van der Waals surface area contributed by atoms with Crippen LogP contribution in [0.5, 0.6) is 0 Å². The first-order valence-electron chi connectivity index (χ1n) is 11.1. The third kappa shape index (κ3) is 4.59. The first kappa shape index (κ1) is 22.9. The van der Waals surface area contributed by atoms with Crippen LogP contribution in [0, 0.1) is 0 Å². The molecule has 2 aromatic carbocycles. The SMILES string of the molecule is O=C(O)CC1CSCCN1C(=O)c1nonc1NC(=O)OCC1c2ccccc2-c2ccccc21. The van der Waals surface area contributed by atoms with Crippen LogP contribution in [0.1, 0.15) is 34.0 Å². The predicted octanol–water partition coefficient (Wildman–Crippen LogP) is 3.46. The van der Waals surface area contributed by atoms with E-state index in [0.29, 0.717) is 18.1 Å². The molecule has 0 radical (unpaired) electrons. The van der Waals surface area contributed by atoms with Gasteiger partial charge < -0.3 is 14.7 Å². The first-order chi connectivity index (χ1) is 17.0. The molecule has 3 aromatic rings. The van der Waals surface area contributed by atoms with Gasteiger partial charge in [-0.25, -0.2) is 9.42 Å². The number of thioether (sulfide) groups is 1. The predicted molar refractivity (Wildman–Crippen MR) is 127 cm³/mol. The second-order valence-corrected chi connectivity index (χ2v) is 9.39. The third-order valence-corrected chi connectivity index (χ3v) is 7.25. The van der Waals surface area contributed by atoms with Crippen LogP contribution in [-0.4, -0.2) is 69.0 Å². The second kappa shape index (κ2) is 9.79. The van der Waals surface area contributed by atoms with Crippen molar-refractivity contribution < 1.29 is 28.9 Å². The Hall–Kier alpha value is -3.86. The Morgan fingerprint density at radius 3 is 2.46 bits per heavy atom. The van der Waals surface area contributed by atoms with Crippen LogP contribution in [0.2, 0.25) is 0 Å². The van der Waals surface area contributed by atoms with Crippen LogP contribution in [0.4, 0.5) is 10.6 Å². The maximum absolute atomic E-state index is 13.1. The molecule has 11 heteroatoms. The number of fused-ring (bicyclic) bond motifs is 3. The average molecular weight is 495 g/mol. The highest BCUT2D eigenvalue weighted by Crippen LogP contribution is 2.44. The summed E-state index contributed by atoms with van der Waals surface area (Å²) in [7, 11) is 0. The van der Waals surface area contributed by atoms with Crippen molar-refractivity contribution in [3.8, 4) is 11.1 Å². The van der Waals surface area contributed by atoms with E-state index < -0.39 is 24.0 Å². The number of amides is 2. The van der Waals surface area contributed by atoms with Gasteiger partial charge in [0.15, 0.2) is 0 Å². The smallest absolute Gasteiger partial charge is 0.412 e. The zero-order valence-electron chi connectivity index (χ0n) is 18.5. The topological polar surface area (TPSA) is 135 Å². The number of carboxylic acid groups (broad SMARTS) is 1. The molecule has 35 heavy (non-hydrogen) atoms. The van der Waals surface area contributed by atoms with Gasteiger partial charge in [-0.2, -0.15) is 11.8 Å². The highest BCUT2D eigenvalue weighted by Gasteiger charge is 2.34. The quantitative estimate of drug-likeness (QED) is 0.528. The fourth-order valence-electron chi connectivity index (χ4n) is 4.57. The maximum atomic E-state index is 13.1.